The summed E-state index contributed by atoms with van der Waals surface area (Å²) in [7, 11) is 1.61. The number of methoxy groups -OCH3 is 1. The summed E-state index contributed by atoms with van der Waals surface area (Å²) < 4.78 is 10.8. The molecular formula is C17H26N2O3. The van der Waals surface area contributed by atoms with Gasteiger partial charge in [0.15, 0.2) is 11.5 Å². The molecule has 5 nitrogen and oxygen atoms in total. The molecule has 5 heteroatoms. The van der Waals surface area contributed by atoms with E-state index in [4.69, 9.17) is 9.47 Å². The van der Waals surface area contributed by atoms with Crippen LogP contribution in [0.4, 0.5) is 5.69 Å². The monoisotopic (exact) mass is 306 g/mol. The molecule has 1 saturated carbocycles. The van der Waals surface area contributed by atoms with E-state index in [-0.39, 0.29) is 11.9 Å². The maximum Gasteiger partial charge on any atom is 0.242 e. The summed E-state index contributed by atoms with van der Waals surface area (Å²) in [4.78, 5) is 12.2. The molecule has 0 radical (unpaired) electrons. The number of nitrogens with one attached hydrogen (secondary N) is 2. The molecule has 0 heterocycles. The van der Waals surface area contributed by atoms with Gasteiger partial charge in [0.05, 0.1) is 13.7 Å². The first-order valence-corrected chi connectivity index (χ1v) is 8.01. The molecule has 2 rings (SSSR count). The predicted octanol–water partition coefficient (Wildman–Crippen LogP) is 2.95. The first-order chi connectivity index (χ1) is 10.6. The van der Waals surface area contributed by atoms with E-state index in [1.54, 1.807) is 7.11 Å². The van der Waals surface area contributed by atoms with E-state index in [0.29, 0.717) is 24.1 Å². The Kier molecular flexibility index (Phi) is 5.92. The van der Waals surface area contributed by atoms with Crippen molar-refractivity contribution < 1.29 is 14.3 Å². The van der Waals surface area contributed by atoms with Gasteiger partial charge in [0, 0.05) is 17.8 Å². The van der Waals surface area contributed by atoms with Crippen molar-refractivity contribution in [1.29, 1.82) is 0 Å². The van der Waals surface area contributed by atoms with Crippen molar-refractivity contribution in [2.75, 3.05) is 19.0 Å². The smallest absolute Gasteiger partial charge is 0.242 e. The minimum absolute atomic E-state index is 0.0414. The van der Waals surface area contributed by atoms with E-state index < -0.39 is 0 Å². The molecule has 1 atom stereocenters. The minimum atomic E-state index is -0.289. The fourth-order valence-electron chi connectivity index (χ4n) is 2.74. The van der Waals surface area contributed by atoms with Crippen molar-refractivity contribution in [3.05, 3.63) is 18.2 Å². The van der Waals surface area contributed by atoms with Gasteiger partial charge in [-0.25, -0.2) is 0 Å². The van der Waals surface area contributed by atoms with E-state index in [0.717, 1.165) is 18.5 Å². The van der Waals surface area contributed by atoms with E-state index in [2.05, 4.69) is 10.6 Å². The van der Waals surface area contributed by atoms with Crippen LogP contribution in [0.3, 0.4) is 0 Å². The second-order valence-corrected chi connectivity index (χ2v) is 5.65. The van der Waals surface area contributed by atoms with E-state index in [1.807, 2.05) is 32.0 Å². The average Bonchev–Trinajstić information content (AvgIpc) is 3.01. The number of carbonyl (C=O) groups is 1. The Hall–Kier alpha value is -1.91. The maximum absolute atomic E-state index is 12.2. The summed E-state index contributed by atoms with van der Waals surface area (Å²) in [5.74, 6) is 1.41. The zero-order valence-corrected chi connectivity index (χ0v) is 13.6. The van der Waals surface area contributed by atoms with Crippen LogP contribution in [-0.4, -0.2) is 31.7 Å². The van der Waals surface area contributed by atoms with Crippen LogP contribution in [0.2, 0.25) is 0 Å². The molecule has 1 aromatic carbocycles. The first kappa shape index (κ1) is 16.5. The Morgan fingerprint density at radius 3 is 2.68 bits per heavy atom. The lowest BCUT2D eigenvalue weighted by atomic mass is 10.2. The number of ether oxygens (including phenoxy) is 2. The van der Waals surface area contributed by atoms with E-state index in [1.165, 1.54) is 12.8 Å². The molecule has 0 aromatic heterocycles. The third-order valence-corrected chi connectivity index (χ3v) is 3.94. The lowest BCUT2D eigenvalue weighted by molar-refractivity contribution is -0.122. The molecule has 2 N–H and O–H groups in total. The lowest BCUT2D eigenvalue weighted by Crippen LogP contribution is -2.42. The number of hydrogen-bond acceptors (Lipinski definition) is 4. The van der Waals surface area contributed by atoms with Gasteiger partial charge in [0.2, 0.25) is 5.91 Å². The third kappa shape index (κ3) is 4.29. The quantitative estimate of drug-likeness (QED) is 0.813. The number of carbonyl (C=O) groups excluding carboxylic acids is 1. The Morgan fingerprint density at radius 2 is 2.05 bits per heavy atom. The van der Waals surface area contributed by atoms with Crippen molar-refractivity contribution in [2.45, 2.75) is 51.6 Å². The third-order valence-electron chi connectivity index (χ3n) is 3.94. The van der Waals surface area contributed by atoms with Crippen molar-refractivity contribution >= 4 is 11.6 Å². The van der Waals surface area contributed by atoms with Crippen LogP contribution >= 0.6 is 0 Å². The Balaban J connectivity index is 1.95. The summed E-state index contributed by atoms with van der Waals surface area (Å²) >= 11 is 0. The van der Waals surface area contributed by atoms with Gasteiger partial charge in [0.25, 0.3) is 0 Å². The molecule has 0 bridgehead atoms. The molecule has 1 unspecified atom stereocenters. The molecular weight excluding hydrogens is 280 g/mol. The van der Waals surface area contributed by atoms with Crippen LogP contribution in [0.5, 0.6) is 11.5 Å². The van der Waals surface area contributed by atoms with Gasteiger partial charge in [-0.3, -0.25) is 4.79 Å². The fraction of sp³-hybridized carbons (Fsp3) is 0.588. The molecule has 0 aliphatic heterocycles. The highest BCUT2D eigenvalue weighted by atomic mass is 16.5. The van der Waals surface area contributed by atoms with Gasteiger partial charge in [-0.2, -0.15) is 0 Å². The second kappa shape index (κ2) is 7.92. The Morgan fingerprint density at radius 1 is 1.32 bits per heavy atom. The van der Waals surface area contributed by atoms with Crippen LogP contribution in [0.15, 0.2) is 18.2 Å². The SMILES string of the molecule is CCOc1ccc(NC(C)C(=O)NC2CCCC2)cc1OC. The summed E-state index contributed by atoms with van der Waals surface area (Å²) in [5.41, 5.74) is 0.842. The lowest BCUT2D eigenvalue weighted by Gasteiger charge is -2.19. The molecule has 1 aromatic rings. The molecule has 22 heavy (non-hydrogen) atoms. The van der Waals surface area contributed by atoms with Crippen molar-refractivity contribution in [3.63, 3.8) is 0 Å². The van der Waals surface area contributed by atoms with Crippen LogP contribution in [0.25, 0.3) is 0 Å². The first-order valence-electron chi connectivity index (χ1n) is 8.01. The molecule has 122 valence electrons. The van der Waals surface area contributed by atoms with Gasteiger partial charge in [-0.15, -0.1) is 0 Å². The number of rotatable bonds is 7. The molecule has 0 spiro atoms. The van der Waals surface area contributed by atoms with E-state index >= 15 is 0 Å². The summed E-state index contributed by atoms with van der Waals surface area (Å²) in [6.45, 7) is 4.39. The van der Waals surface area contributed by atoms with Gasteiger partial charge < -0.3 is 20.1 Å². The van der Waals surface area contributed by atoms with Gasteiger partial charge >= 0.3 is 0 Å². The zero-order chi connectivity index (χ0) is 15.9. The van der Waals surface area contributed by atoms with Gasteiger partial charge in [0.1, 0.15) is 6.04 Å². The number of amides is 1. The van der Waals surface area contributed by atoms with Crippen LogP contribution < -0.4 is 20.1 Å². The topological polar surface area (TPSA) is 59.6 Å². The van der Waals surface area contributed by atoms with Crippen molar-refractivity contribution in [3.8, 4) is 11.5 Å². The van der Waals surface area contributed by atoms with E-state index in [9.17, 15) is 4.79 Å². The molecule has 1 fully saturated rings. The second-order valence-electron chi connectivity index (χ2n) is 5.65. The molecule has 1 amide bonds. The maximum atomic E-state index is 12.2. The highest BCUT2D eigenvalue weighted by Crippen LogP contribution is 2.30. The number of anilines is 1. The number of hydrogen-bond donors (Lipinski definition) is 2. The minimum Gasteiger partial charge on any atom is -0.493 e. The zero-order valence-electron chi connectivity index (χ0n) is 13.6. The van der Waals surface area contributed by atoms with Crippen LogP contribution in [0, 0.1) is 0 Å². The fourth-order valence-corrected chi connectivity index (χ4v) is 2.74. The van der Waals surface area contributed by atoms with Crippen molar-refractivity contribution in [2.24, 2.45) is 0 Å². The summed E-state index contributed by atoms with van der Waals surface area (Å²) in [6, 6.07) is 5.65. The largest absolute Gasteiger partial charge is 0.493 e. The molecule has 0 saturated heterocycles. The van der Waals surface area contributed by atoms with Crippen LogP contribution in [0.1, 0.15) is 39.5 Å². The molecule has 1 aliphatic rings. The normalized spacial score (nSPS) is 16.1. The Labute approximate surface area is 132 Å². The predicted molar refractivity (Wildman–Crippen MR) is 87.6 cm³/mol. The average molecular weight is 306 g/mol. The summed E-state index contributed by atoms with van der Waals surface area (Å²) in [5, 5.41) is 6.31. The Bertz CT molecular complexity index is 499. The highest BCUT2D eigenvalue weighted by Gasteiger charge is 2.20. The van der Waals surface area contributed by atoms with Crippen molar-refractivity contribution in [1.82, 2.24) is 5.32 Å². The van der Waals surface area contributed by atoms with Gasteiger partial charge in [-0.1, -0.05) is 12.8 Å². The summed E-state index contributed by atoms with van der Waals surface area (Å²) in [6.07, 6.45) is 4.61. The van der Waals surface area contributed by atoms with Crippen LogP contribution in [-0.2, 0) is 4.79 Å². The number of benzene rings is 1. The highest BCUT2D eigenvalue weighted by molar-refractivity contribution is 5.84. The molecule has 1 aliphatic carbocycles. The van der Waals surface area contributed by atoms with Gasteiger partial charge in [-0.05, 0) is 38.8 Å². The standard InChI is InChI=1S/C17H26N2O3/c1-4-22-15-10-9-14(11-16(15)21-3)18-12(2)17(20)19-13-7-5-6-8-13/h9-13,18H,4-8H2,1-3H3,(H,19,20).